The third-order valence-corrected chi connectivity index (χ3v) is 5.42. The Morgan fingerprint density at radius 3 is 1.24 bits per heavy atom. The molecule has 3 nitrogen and oxygen atoms in total. The third-order valence-electron chi connectivity index (χ3n) is 5.17. The zero-order chi connectivity index (χ0) is 23.2. The maximum Gasteiger partial charge on any atom is 0.197 e. The normalized spacial score (nSPS) is 11.4. The van der Waals surface area contributed by atoms with Crippen molar-refractivity contribution < 1.29 is 14.4 Å². The molecule has 160 valence electrons. The van der Waals surface area contributed by atoms with E-state index in [-0.39, 0.29) is 16.7 Å². The fourth-order valence-electron chi connectivity index (χ4n) is 3.54. The molecule has 0 aliphatic heterocycles. The van der Waals surface area contributed by atoms with Crippen molar-refractivity contribution in [1.82, 2.24) is 0 Å². The molecule has 0 fully saturated rings. The predicted octanol–water partition coefficient (Wildman–Crippen LogP) is 6.74. The average molecular weight is 451 g/mol. The number of carbonyl (C=O) groups is 3. The number of carbonyl (C=O) groups excluding carboxylic acids is 3. The van der Waals surface area contributed by atoms with Gasteiger partial charge in [0.05, 0.1) is 5.57 Å². The van der Waals surface area contributed by atoms with Crippen LogP contribution < -0.4 is 0 Å². The second kappa shape index (κ2) is 10.0. The lowest BCUT2D eigenvalue weighted by Crippen LogP contribution is -2.19. The van der Waals surface area contributed by atoms with Gasteiger partial charge in [-0.3, -0.25) is 14.4 Å². The average Bonchev–Trinajstić information content (AvgIpc) is 2.88. The van der Waals surface area contributed by atoms with Crippen molar-refractivity contribution in [1.29, 1.82) is 0 Å². The van der Waals surface area contributed by atoms with Gasteiger partial charge in [0, 0.05) is 27.3 Å². The standard InChI is InChI=1S/C29H19ClO3/c30-24-18-16-23(17-19-24)29(33)26(28(32)22-14-8-3-9-15-22)25(20-10-4-1-5-11-20)27(31)21-12-6-2-7-13-21/h1-19H/b26-25+. The van der Waals surface area contributed by atoms with Crippen molar-refractivity contribution in [3.8, 4) is 0 Å². The summed E-state index contributed by atoms with van der Waals surface area (Å²) in [4.78, 5) is 41.2. The van der Waals surface area contributed by atoms with E-state index in [2.05, 4.69) is 0 Å². The van der Waals surface area contributed by atoms with Crippen LogP contribution in [0.4, 0.5) is 0 Å². The van der Waals surface area contributed by atoms with Crippen LogP contribution in [-0.4, -0.2) is 17.3 Å². The molecular weight excluding hydrogens is 432 g/mol. The summed E-state index contributed by atoms with van der Waals surface area (Å²) in [6.07, 6.45) is 0. The summed E-state index contributed by atoms with van der Waals surface area (Å²) >= 11 is 6.00. The van der Waals surface area contributed by atoms with Gasteiger partial charge in [0.1, 0.15) is 0 Å². The number of allylic oxidation sites excluding steroid dienone is 2. The van der Waals surface area contributed by atoms with Crippen LogP contribution in [0.2, 0.25) is 5.02 Å². The van der Waals surface area contributed by atoms with Gasteiger partial charge in [-0.1, -0.05) is 103 Å². The first-order valence-corrected chi connectivity index (χ1v) is 10.7. The lowest BCUT2D eigenvalue weighted by Gasteiger charge is -2.15. The van der Waals surface area contributed by atoms with Gasteiger partial charge in [0.15, 0.2) is 17.3 Å². The van der Waals surface area contributed by atoms with Crippen LogP contribution in [0.1, 0.15) is 36.6 Å². The first kappa shape index (κ1) is 22.1. The van der Waals surface area contributed by atoms with Gasteiger partial charge in [0.25, 0.3) is 0 Å². The second-order valence-electron chi connectivity index (χ2n) is 7.34. The van der Waals surface area contributed by atoms with E-state index in [0.717, 1.165) is 0 Å². The van der Waals surface area contributed by atoms with Gasteiger partial charge in [-0.15, -0.1) is 0 Å². The lowest BCUT2D eigenvalue weighted by molar-refractivity contribution is 0.0953. The number of rotatable bonds is 7. The third kappa shape index (κ3) is 4.89. The minimum atomic E-state index is -0.538. The van der Waals surface area contributed by atoms with Gasteiger partial charge in [-0.2, -0.15) is 0 Å². The molecule has 4 aromatic carbocycles. The minimum Gasteiger partial charge on any atom is -0.289 e. The van der Waals surface area contributed by atoms with Crippen molar-refractivity contribution in [2.24, 2.45) is 0 Å². The smallest absolute Gasteiger partial charge is 0.197 e. The minimum absolute atomic E-state index is 0.0654. The highest BCUT2D eigenvalue weighted by Gasteiger charge is 2.30. The first-order chi connectivity index (χ1) is 16.1. The van der Waals surface area contributed by atoms with E-state index in [1.807, 2.05) is 6.07 Å². The highest BCUT2D eigenvalue weighted by Crippen LogP contribution is 2.29. The summed E-state index contributed by atoms with van der Waals surface area (Å²) < 4.78 is 0. The molecule has 0 heterocycles. The van der Waals surface area contributed by atoms with Crippen molar-refractivity contribution in [2.75, 3.05) is 0 Å². The summed E-state index contributed by atoms with van der Waals surface area (Å²) in [7, 11) is 0. The maximum atomic E-state index is 13.7. The van der Waals surface area contributed by atoms with E-state index < -0.39 is 17.3 Å². The Balaban J connectivity index is 2.01. The monoisotopic (exact) mass is 450 g/mol. The number of hydrogen-bond donors (Lipinski definition) is 0. The number of benzene rings is 4. The van der Waals surface area contributed by atoms with Crippen LogP contribution in [0, 0.1) is 0 Å². The molecule has 4 heteroatoms. The molecule has 0 aliphatic carbocycles. The Labute approximate surface area is 197 Å². The van der Waals surface area contributed by atoms with Gasteiger partial charge in [-0.25, -0.2) is 0 Å². The van der Waals surface area contributed by atoms with Crippen molar-refractivity contribution in [2.45, 2.75) is 0 Å². The Morgan fingerprint density at radius 2 is 0.788 bits per heavy atom. The summed E-state index contributed by atoms with van der Waals surface area (Å²) in [5.41, 5.74) is 1.36. The molecular formula is C29H19ClO3. The molecule has 0 aliphatic rings. The van der Waals surface area contributed by atoms with E-state index in [1.165, 1.54) is 0 Å². The van der Waals surface area contributed by atoms with E-state index in [0.29, 0.717) is 21.7 Å². The largest absolute Gasteiger partial charge is 0.289 e. The van der Waals surface area contributed by atoms with E-state index in [4.69, 9.17) is 11.6 Å². The molecule has 0 spiro atoms. The fourth-order valence-corrected chi connectivity index (χ4v) is 3.66. The molecule has 33 heavy (non-hydrogen) atoms. The highest BCUT2D eigenvalue weighted by molar-refractivity contribution is 6.44. The lowest BCUT2D eigenvalue weighted by atomic mass is 9.85. The molecule has 0 amide bonds. The molecule has 0 atom stereocenters. The van der Waals surface area contributed by atoms with Gasteiger partial charge < -0.3 is 0 Å². The van der Waals surface area contributed by atoms with Crippen LogP contribution in [0.3, 0.4) is 0 Å². The Morgan fingerprint density at radius 1 is 0.424 bits per heavy atom. The first-order valence-electron chi connectivity index (χ1n) is 10.4. The Kier molecular flexibility index (Phi) is 6.72. The van der Waals surface area contributed by atoms with Crippen molar-refractivity contribution >= 4 is 34.5 Å². The SMILES string of the molecule is O=C(/C(C(=O)c1ccc(Cl)cc1)=C(\C(=O)c1ccccc1)c1ccccc1)c1ccccc1. The van der Waals surface area contributed by atoms with Gasteiger partial charge >= 0.3 is 0 Å². The maximum absolute atomic E-state index is 13.7. The quantitative estimate of drug-likeness (QED) is 0.135. The van der Waals surface area contributed by atoms with Crippen LogP contribution >= 0.6 is 11.6 Å². The van der Waals surface area contributed by atoms with Crippen LogP contribution in [-0.2, 0) is 0 Å². The number of halogens is 1. The topological polar surface area (TPSA) is 51.2 Å². The van der Waals surface area contributed by atoms with Crippen LogP contribution in [0.25, 0.3) is 5.57 Å². The highest BCUT2D eigenvalue weighted by atomic mass is 35.5. The summed E-state index contributed by atoms with van der Waals surface area (Å²) in [5.74, 6) is -1.45. The summed E-state index contributed by atoms with van der Waals surface area (Å²) in [6.45, 7) is 0. The number of hydrogen-bond acceptors (Lipinski definition) is 3. The molecule has 0 N–H and O–H groups in total. The molecule has 0 bridgehead atoms. The Bertz CT molecular complexity index is 1320. The Hall–Kier alpha value is -4.08. The van der Waals surface area contributed by atoms with Crippen LogP contribution in [0.15, 0.2) is 121 Å². The zero-order valence-electron chi connectivity index (χ0n) is 17.6. The van der Waals surface area contributed by atoms with E-state index in [9.17, 15) is 14.4 Å². The molecule has 4 aromatic rings. The number of ketones is 3. The van der Waals surface area contributed by atoms with Gasteiger partial charge in [-0.05, 0) is 29.8 Å². The molecule has 0 aromatic heterocycles. The fraction of sp³-hybridized carbons (Fsp3) is 0. The zero-order valence-corrected chi connectivity index (χ0v) is 18.3. The van der Waals surface area contributed by atoms with E-state index >= 15 is 0 Å². The van der Waals surface area contributed by atoms with Crippen molar-refractivity contribution in [3.63, 3.8) is 0 Å². The van der Waals surface area contributed by atoms with Crippen molar-refractivity contribution in [3.05, 3.63) is 148 Å². The summed E-state index contributed by atoms with van der Waals surface area (Å²) in [5, 5.41) is 0.468. The molecule has 0 unspecified atom stereocenters. The predicted molar refractivity (Wildman–Crippen MR) is 131 cm³/mol. The number of Topliss-reactive ketones (excluding diaryl/α,β-unsaturated/α-hetero) is 3. The van der Waals surface area contributed by atoms with E-state index in [1.54, 1.807) is 109 Å². The molecule has 0 radical (unpaired) electrons. The van der Waals surface area contributed by atoms with Crippen LogP contribution in [0.5, 0.6) is 0 Å². The molecule has 0 saturated heterocycles. The second-order valence-corrected chi connectivity index (χ2v) is 7.78. The molecule has 4 rings (SSSR count). The summed E-state index contributed by atoms with van der Waals surface area (Å²) in [6, 6.07) is 32.2. The van der Waals surface area contributed by atoms with Gasteiger partial charge in [0.2, 0.25) is 0 Å². The molecule has 0 saturated carbocycles.